The van der Waals surface area contributed by atoms with Gasteiger partial charge in [-0.05, 0) is 37.0 Å². The molecule has 3 aromatic rings. The summed E-state index contributed by atoms with van der Waals surface area (Å²) in [7, 11) is 0. The van der Waals surface area contributed by atoms with Crippen LogP contribution in [0.15, 0.2) is 53.1 Å². The number of carbonyl (C=O) groups is 1. The molecular formula is C22H21N3O2. The van der Waals surface area contributed by atoms with E-state index in [0.717, 1.165) is 24.0 Å². The van der Waals surface area contributed by atoms with Crippen molar-refractivity contribution in [3.8, 4) is 11.4 Å². The standard InChI is InChI=1S/C22H21N3O2/c1-14-5-4-7-16(11-14)21-23-22(27-24-21)17-12-20(26)25(13-17)19-10-9-15-6-2-3-8-18(15)19/h2-8,11,17,19H,9-10,12-13H2,1H3. The van der Waals surface area contributed by atoms with Crippen LogP contribution in [0.1, 0.15) is 47.4 Å². The molecule has 1 saturated heterocycles. The Morgan fingerprint density at radius 1 is 1.15 bits per heavy atom. The summed E-state index contributed by atoms with van der Waals surface area (Å²) in [4.78, 5) is 19.3. The van der Waals surface area contributed by atoms with Gasteiger partial charge < -0.3 is 9.42 Å². The quantitative estimate of drug-likeness (QED) is 0.708. The first-order valence-electron chi connectivity index (χ1n) is 9.47. The molecule has 2 aliphatic rings. The zero-order valence-corrected chi connectivity index (χ0v) is 15.3. The lowest BCUT2D eigenvalue weighted by molar-refractivity contribution is -0.129. The van der Waals surface area contributed by atoms with E-state index in [1.807, 2.05) is 36.1 Å². The van der Waals surface area contributed by atoms with Crippen LogP contribution >= 0.6 is 0 Å². The molecule has 1 aliphatic carbocycles. The molecule has 0 radical (unpaired) electrons. The minimum absolute atomic E-state index is 0.0312. The normalized spacial score (nSPS) is 21.7. The zero-order valence-electron chi connectivity index (χ0n) is 15.3. The van der Waals surface area contributed by atoms with E-state index in [9.17, 15) is 4.79 Å². The van der Waals surface area contributed by atoms with Gasteiger partial charge >= 0.3 is 0 Å². The molecule has 1 amide bonds. The number of aryl methyl sites for hydroxylation is 2. The van der Waals surface area contributed by atoms with E-state index in [2.05, 4.69) is 34.4 Å². The predicted octanol–water partition coefficient (Wildman–Crippen LogP) is 4.05. The molecule has 136 valence electrons. The second kappa shape index (κ2) is 6.34. The number of carbonyl (C=O) groups excluding carboxylic acids is 1. The van der Waals surface area contributed by atoms with Gasteiger partial charge in [-0.15, -0.1) is 0 Å². The molecule has 2 heterocycles. The molecule has 5 nitrogen and oxygen atoms in total. The van der Waals surface area contributed by atoms with Gasteiger partial charge in [0.1, 0.15) is 0 Å². The Bertz CT molecular complexity index is 1010. The summed E-state index contributed by atoms with van der Waals surface area (Å²) in [5.41, 5.74) is 4.74. The van der Waals surface area contributed by atoms with Crippen LogP contribution in [0.25, 0.3) is 11.4 Å². The Labute approximate surface area is 158 Å². The highest BCUT2D eigenvalue weighted by Gasteiger charge is 2.40. The van der Waals surface area contributed by atoms with Crippen molar-refractivity contribution in [1.82, 2.24) is 15.0 Å². The molecule has 0 bridgehead atoms. The van der Waals surface area contributed by atoms with Gasteiger partial charge in [0.25, 0.3) is 0 Å². The third-order valence-electron chi connectivity index (χ3n) is 5.70. The van der Waals surface area contributed by atoms with E-state index < -0.39 is 0 Å². The molecule has 5 heteroatoms. The van der Waals surface area contributed by atoms with Crippen LogP contribution < -0.4 is 0 Å². The number of benzene rings is 2. The summed E-state index contributed by atoms with van der Waals surface area (Å²) in [6, 6.07) is 16.7. The molecule has 2 aromatic carbocycles. The van der Waals surface area contributed by atoms with Crippen molar-refractivity contribution in [2.75, 3.05) is 6.54 Å². The summed E-state index contributed by atoms with van der Waals surface area (Å²) in [5.74, 6) is 1.30. The topological polar surface area (TPSA) is 59.2 Å². The van der Waals surface area contributed by atoms with Crippen molar-refractivity contribution >= 4 is 5.91 Å². The van der Waals surface area contributed by atoms with Gasteiger partial charge in [-0.2, -0.15) is 4.98 Å². The van der Waals surface area contributed by atoms with E-state index in [0.29, 0.717) is 24.7 Å². The van der Waals surface area contributed by atoms with Gasteiger partial charge in [-0.25, -0.2) is 0 Å². The number of fused-ring (bicyclic) bond motifs is 1. The van der Waals surface area contributed by atoms with Crippen molar-refractivity contribution in [2.45, 2.75) is 38.1 Å². The zero-order chi connectivity index (χ0) is 18.4. The third kappa shape index (κ3) is 2.83. The summed E-state index contributed by atoms with van der Waals surface area (Å²) < 4.78 is 5.53. The first-order valence-corrected chi connectivity index (χ1v) is 9.47. The molecule has 0 N–H and O–H groups in total. The second-order valence-corrected chi connectivity index (χ2v) is 7.53. The average molecular weight is 359 g/mol. The summed E-state index contributed by atoms with van der Waals surface area (Å²) >= 11 is 0. The van der Waals surface area contributed by atoms with Crippen LogP contribution in [0.5, 0.6) is 0 Å². The van der Waals surface area contributed by atoms with Crippen molar-refractivity contribution in [1.29, 1.82) is 0 Å². The van der Waals surface area contributed by atoms with Gasteiger partial charge in [-0.1, -0.05) is 53.2 Å². The van der Waals surface area contributed by atoms with Crippen molar-refractivity contribution in [2.24, 2.45) is 0 Å². The number of amides is 1. The summed E-state index contributed by atoms with van der Waals surface area (Å²) in [5, 5.41) is 4.14. The van der Waals surface area contributed by atoms with E-state index in [1.165, 1.54) is 11.1 Å². The smallest absolute Gasteiger partial charge is 0.232 e. The van der Waals surface area contributed by atoms with Crippen LogP contribution in [0, 0.1) is 6.92 Å². The van der Waals surface area contributed by atoms with Crippen LogP contribution in [0.3, 0.4) is 0 Å². The Morgan fingerprint density at radius 3 is 2.93 bits per heavy atom. The highest BCUT2D eigenvalue weighted by molar-refractivity contribution is 5.80. The lowest BCUT2D eigenvalue weighted by Gasteiger charge is -2.25. The van der Waals surface area contributed by atoms with E-state index in [-0.39, 0.29) is 17.9 Å². The van der Waals surface area contributed by atoms with E-state index in [4.69, 9.17) is 4.52 Å². The molecular weight excluding hydrogens is 338 g/mol. The Morgan fingerprint density at radius 2 is 2.04 bits per heavy atom. The van der Waals surface area contributed by atoms with Crippen LogP contribution in [0.4, 0.5) is 0 Å². The van der Waals surface area contributed by atoms with Gasteiger partial charge in [0.2, 0.25) is 17.6 Å². The molecule has 0 saturated carbocycles. The second-order valence-electron chi connectivity index (χ2n) is 7.53. The minimum atomic E-state index is -0.0312. The fraction of sp³-hybridized carbons (Fsp3) is 0.318. The molecule has 5 rings (SSSR count). The molecule has 1 fully saturated rings. The van der Waals surface area contributed by atoms with Crippen LogP contribution in [-0.4, -0.2) is 27.5 Å². The number of likely N-dealkylation sites (tertiary alicyclic amines) is 1. The summed E-state index contributed by atoms with van der Waals surface area (Å²) in [6.45, 7) is 2.69. The molecule has 0 spiro atoms. The van der Waals surface area contributed by atoms with Gasteiger partial charge in [-0.3, -0.25) is 4.79 Å². The van der Waals surface area contributed by atoms with Crippen molar-refractivity contribution in [3.05, 3.63) is 71.1 Å². The van der Waals surface area contributed by atoms with E-state index >= 15 is 0 Å². The van der Waals surface area contributed by atoms with Crippen LogP contribution in [-0.2, 0) is 11.2 Å². The van der Waals surface area contributed by atoms with Crippen molar-refractivity contribution < 1.29 is 9.32 Å². The predicted molar refractivity (Wildman–Crippen MR) is 101 cm³/mol. The lowest BCUT2D eigenvalue weighted by atomic mass is 10.1. The number of hydrogen-bond donors (Lipinski definition) is 0. The average Bonchev–Trinajstić information content (AvgIpc) is 3.39. The number of nitrogens with zero attached hydrogens (tertiary/aromatic N) is 3. The maximum absolute atomic E-state index is 12.7. The van der Waals surface area contributed by atoms with E-state index in [1.54, 1.807) is 0 Å². The molecule has 2 unspecified atom stereocenters. The Kier molecular flexibility index (Phi) is 3.81. The fourth-order valence-electron chi connectivity index (χ4n) is 4.36. The summed E-state index contributed by atoms with van der Waals surface area (Å²) in [6.07, 6.45) is 2.47. The lowest BCUT2D eigenvalue weighted by Crippen LogP contribution is -2.28. The first-order chi connectivity index (χ1) is 13.2. The van der Waals surface area contributed by atoms with Gasteiger partial charge in [0, 0.05) is 18.5 Å². The van der Waals surface area contributed by atoms with Crippen molar-refractivity contribution in [3.63, 3.8) is 0 Å². The highest BCUT2D eigenvalue weighted by atomic mass is 16.5. The molecule has 2 atom stereocenters. The maximum atomic E-state index is 12.7. The van der Waals surface area contributed by atoms with Gasteiger partial charge in [0.05, 0.1) is 12.0 Å². The molecule has 27 heavy (non-hydrogen) atoms. The SMILES string of the molecule is Cc1cccc(-c2noc(C3CC(=O)N(C4CCc5ccccc54)C3)n2)c1. The van der Waals surface area contributed by atoms with Crippen LogP contribution in [0.2, 0.25) is 0 Å². The third-order valence-corrected chi connectivity index (χ3v) is 5.70. The Hall–Kier alpha value is -2.95. The molecule has 1 aromatic heterocycles. The Balaban J connectivity index is 1.37. The molecule has 1 aliphatic heterocycles. The largest absolute Gasteiger partial charge is 0.339 e. The fourth-order valence-corrected chi connectivity index (χ4v) is 4.36. The number of rotatable bonds is 3. The number of hydrogen-bond acceptors (Lipinski definition) is 4. The highest BCUT2D eigenvalue weighted by Crippen LogP contribution is 2.40. The minimum Gasteiger partial charge on any atom is -0.339 e. The maximum Gasteiger partial charge on any atom is 0.232 e. The number of aromatic nitrogens is 2. The van der Waals surface area contributed by atoms with Gasteiger partial charge in [0.15, 0.2) is 0 Å². The monoisotopic (exact) mass is 359 g/mol. The first kappa shape index (κ1) is 16.2.